The van der Waals surface area contributed by atoms with Crippen LogP contribution < -0.4 is 0 Å². The maximum absolute atomic E-state index is 4.74. The molecule has 4 rings (SSSR count). The Bertz CT molecular complexity index is 992. The van der Waals surface area contributed by atoms with Crippen LogP contribution in [0.1, 0.15) is 5.56 Å². The molecule has 23 heavy (non-hydrogen) atoms. The standard InChI is InChI=1S/C20H15N3/c1-14-6-4-8-15(12-14)17-10-5-11-19(22-17)20-21-13-16-7-2-3-9-18(16)23-20/h2-13H,1H3. The SMILES string of the molecule is Cc1cccc(-c2cccc(-c3ncc4ccccc4n3)n2)c1. The molecule has 0 unspecified atom stereocenters. The van der Waals surface area contributed by atoms with Crippen LogP contribution >= 0.6 is 0 Å². The third-order valence-corrected chi connectivity index (χ3v) is 3.78. The van der Waals surface area contributed by atoms with Crippen LogP contribution in [0.25, 0.3) is 33.7 Å². The molecule has 3 heteroatoms. The molecule has 0 radical (unpaired) electrons. The zero-order valence-electron chi connectivity index (χ0n) is 12.8. The van der Waals surface area contributed by atoms with Crippen LogP contribution in [0.5, 0.6) is 0 Å². The number of rotatable bonds is 2. The predicted molar refractivity (Wildman–Crippen MR) is 92.9 cm³/mol. The normalized spacial score (nSPS) is 10.8. The van der Waals surface area contributed by atoms with Crippen LogP contribution in [0.4, 0.5) is 0 Å². The molecular weight excluding hydrogens is 282 g/mol. The number of benzene rings is 2. The molecule has 2 heterocycles. The minimum absolute atomic E-state index is 0.651. The van der Waals surface area contributed by atoms with E-state index in [1.54, 1.807) is 0 Å². The largest absolute Gasteiger partial charge is 0.244 e. The first kappa shape index (κ1) is 13.6. The summed E-state index contributed by atoms with van der Waals surface area (Å²) in [5.41, 5.74) is 4.97. The Morgan fingerprint density at radius 2 is 1.57 bits per heavy atom. The van der Waals surface area contributed by atoms with E-state index >= 15 is 0 Å². The monoisotopic (exact) mass is 297 g/mol. The van der Waals surface area contributed by atoms with Gasteiger partial charge in [0.05, 0.1) is 11.2 Å². The highest BCUT2D eigenvalue weighted by Gasteiger charge is 2.07. The van der Waals surface area contributed by atoms with E-state index in [0.717, 1.165) is 27.9 Å². The molecule has 0 atom stereocenters. The highest BCUT2D eigenvalue weighted by molar-refractivity contribution is 5.79. The molecule has 0 fully saturated rings. The van der Waals surface area contributed by atoms with Crippen molar-refractivity contribution < 1.29 is 0 Å². The molecule has 0 N–H and O–H groups in total. The van der Waals surface area contributed by atoms with Gasteiger partial charge in [0.2, 0.25) is 0 Å². The number of aryl methyl sites for hydroxylation is 1. The molecule has 0 spiro atoms. The number of para-hydroxylation sites is 1. The first-order chi connectivity index (χ1) is 11.3. The van der Waals surface area contributed by atoms with Crippen molar-refractivity contribution in [3.63, 3.8) is 0 Å². The molecular formula is C20H15N3. The summed E-state index contributed by atoms with van der Waals surface area (Å²) in [5.74, 6) is 0.651. The van der Waals surface area contributed by atoms with E-state index in [9.17, 15) is 0 Å². The van der Waals surface area contributed by atoms with E-state index in [2.05, 4.69) is 35.1 Å². The summed E-state index contributed by atoms with van der Waals surface area (Å²) in [6, 6.07) is 22.3. The van der Waals surface area contributed by atoms with E-state index in [1.165, 1.54) is 5.56 Å². The maximum Gasteiger partial charge on any atom is 0.178 e. The fourth-order valence-corrected chi connectivity index (χ4v) is 2.62. The van der Waals surface area contributed by atoms with Crippen LogP contribution in [-0.4, -0.2) is 15.0 Å². The minimum atomic E-state index is 0.651. The molecule has 0 aliphatic rings. The Morgan fingerprint density at radius 1 is 0.739 bits per heavy atom. The van der Waals surface area contributed by atoms with Gasteiger partial charge in [-0.2, -0.15) is 0 Å². The Kier molecular flexibility index (Phi) is 3.31. The Morgan fingerprint density at radius 3 is 2.48 bits per heavy atom. The van der Waals surface area contributed by atoms with E-state index < -0.39 is 0 Å². The minimum Gasteiger partial charge on any atom is -0.244 e. The first-order valence-electron chi connectivity index (χ1n) is 7.56. The Labute approximate surface area is 134 Å². The molecule has 2 aromatic heterocycles. The van der Waals surface area contributed by atoms with Gasteiger partial charge in [0.15, 0.2) is 5.82 Å². The second-order valence-corrected chi connectivity index (χ2v) is 5.53. The van der Waals surface area contributed by atoms with Crippen molar-refractivity contribution in [3.8, 4) is 22.8 Å². The highest BCUT2D eigenvalue weighted by atomic mass is 14.9. The molecule has 4 aromatic rings. The van der Waals surface area contributed by atoms with Crippen molar-refractivity contribution in [1.29, 1.82) is 0 Å². The topological polar surface area (TPSA) is 38.7 Å². The van der Waals surface area contributed by atoms with Crippen molar-refractivity contribution in [2.24, 2.45) is 0 Å². The van der Waals surface area contributed by atoms with E-state index in [0.29, 0.717) is 5.82 Å². The summed E-state index contributed by atoms with van der Waals surface area (Å²) in [4.78, 5) is 13.8. The second kappa shape index (κ2) is 5.61. The van der Waals surface area contributed by atoms with Gasteiger partial charge in [-0.25, -0.2) is 15.0 Å². The van der Waals surface area contributed by atoms with E-state index in [-0.39, 0.29) is 0 Å². The van der Waals surface area contributed by atoms with Gasteiger partial charge in [-0.3, -0.25) is 0 Å². The van der Waals surface area contributed by atoms with Gasteiger partial charge in [-0.05, 0) is 31.2 Å². The van der Waals surface area contributed by atoms with E-state index in [4.69, 9.17) is 4.98 Å². The fraction of sp³-hybridized carbons (Fsp3) is 0.0500. The molecule has 0 aliphatic carbocycles. The molecule has 0 aliphatic heterocycles. The molecule has 0 amide bonds. The highest BCUT2D eigenvalue weighted by Crippen LogP contribution is 2.22. The van der Waals surface area contributed by atoms with Crippen LogP contribution in [0.3, 0.4) is 0 Å². The zero-order chi connectivity index (χ0) is 15.6. The number of hydrogen-bond acceptors (Lipinski definition) is 3. The summed E-state index contributed by atoms with van der Waals surface area (Å²) in [6.45, 7) is 2.08. The van der Waals surface area contributed by atoms with Gasteiger partial charge in [-0.1, -0.05) is 48.0 Å². The van der Waals surface area contributed by atoms with E-state index in [1.807, 2.05) is 54.7 Å². The number of aromatic nitrogens is 3. The third kappa shape index (κ3) is 2.69. The molecule has 110 valence electrons. The van der Waals surface area contributed by atoms with Gasteiger partial charge in [-0.15, -0.1) is 0 Å². The lowest BCUT2D eigenvalue weighted by Crippen LogP contribution is -1.94. The van der Waals surface area contributed by atoms with Crippen LogP contribution in [0.15, 0.2) is 72.9 Å². The number of nitrogens with zero attached hydrogens (tertiary/aromatic N) is 3. The lowest BCUT2D eigenvalue weighted by molar-refractivity contribution is 1.18. The van der Waals surface area contributed by atoms with Crippen LogP contribution in [-0.2, 0) is 0 Å². The predicted octanol–water partition coefficient (Wildman–Crippen LogP) is 4.67. The van der Waals surface area contributed by atoms with Gasteiger partial charge in [0, 0.05) is 17.1 Å². The van der Waals surface area contributed by atoms with Crippen LogP contribution in [0.2, 0.25) is 0 Å². The summed E-state index contributed by atoms with van der Waals surface area (Å²) in [7, 11) is 0. The van der Waals surface area contributed by atoms with Gasteiger partial charge < -0.3 is 0 Å². The smallest absolute Gasteiger partial charge is 0.178 e. The van der Waals surface area contributed by atoms with Crippen LogP contribution in [0, 0.1) is 6.92 Å². The summed E-state index contributed by atoms with van der Waals surface area (Å²) in [5, 5.41) is 1.03. The van der Waals surface area contributed by atoms with Crippen molar-refractivity contribution in [1.82, 2.24) is 15.0 Å². The van der Waals surface area contributed by atoms with Crippen molar-refractivity contribution in [2.45, 2.75) is 6.92 Å². The lowest BCUT2D eigenvalue weighted by Gasteiger charge is -2.05. The summed E-state index contributed by atoms with van der Waals surface area (Å²) >= 11 is 0. The van der Waals surface area contributed by atoms with Gasteiger partial charge in [0.1, 0.15) is 5.69 Å². The molecule has 0 saturated carbocycles. The number of hydrogen-bond donors (Lipinski definition) is 0. The van der Waals surface area contributed by atoms with Gasteiger partial charge in [0.25, 0.3) is 0 Å². The quantitative estimate of drug-likeness (QED) is 0.540. The van der Waals surface area contributed by atoms with Crippen molar-refractivity contribution in [3.05, 3.63) is 78.5 Å². The second-order valence-electron chi connectivity index (χ2n) is 5.53. The lowest BCUT2D eigenvalue weighted by atomic mass is 10.1. The average Bonchev–Trinajstić information content (AvgIpc) is 2.61. The Balaban J connectivity index is 1.81. The van der Waals surface area contributed by atoms with Crippen molar-refractivity contribution >= 4 is 10.9 Å². The maximum atomic E-state index is 4.74. The van der Waals surface area contributed by atoms with Crippen molar-refractivity contribution in [2.75, 3.05) is 0 Å². The molecule has 0 bridgehead atoms. The zero-order valence-corrected chi connectivity index (χ0v) is 12.8. The Hall–Kier alpha value is -3.07. The summed E-state index contributed by atoms with van der Waals surface area (Å²) in [6.07, 6.45) is 1.85. The van der Waals surface area contributed by atoms with Gasteiger partial charge >= 0.3 is 0 Å². The molecule has 2 aromatic carbocycles. The molecule has 3 nitrogen and oxygen atoms in total. The average molecular weight is 297 g/mol. The third-order valence-electron chi connectivity index (χ3n) is 3.78. The number of pyridine rings is 1. The summed E-state index contributed by atoms with van der Waals surface area (Å²) < 4.78 is 0. The fourth-order valence-electron chi connectivity index (χ4n) is 2.62. The number of fused-ring (bicyclic) bond motifs is 1. The first-order valence-corrected chi connectivity index (χ1v) is 7.56. The molecule has 0 saturated heterocycles.